The molecular formula is C13H14BrNO3. The molecule has 0 saturated carbocycles. The molecule has 0 aliphatic carbocycles. The van der Waals surface area contributed by atoms with E-state index in [0.29, 0.717) is 17.9 Å². The number of hydrogen-bond donors (Lipinski definition) is 1. The number of aryl methyl sites for hydroxylation is 1. The zero-order valence-electron chi connectivity index (χ0n) is 10.2. The minimum absolute atomic E-state index is 0.197. The Morgan fingerprint density at radius 1 is 1.50 bits per heavy atom. The maximum absolute atomic E-state index is 12.0. The molecule has 0 unspecified atom stereocenters. The highest BCUT2D eigenvalue weighted by atomic mass is 79.9. The van der Waals surface area contributed by atoms with Crippen molar-refractivity contribution < 1.29 is 14.6 Å². The first kappa shape index (κ1) is 13.1. The fourth-order valence-electron chi connectivity index (χ4n) is 2.08. The van der Waals surface area contributed by atoms with Crippen LogP contribution in [-0.2, 0) is 18.4 Å². The smallest absolute Gasteiger partial charge is 0.340 e. The lowest BCUT2D eigenvalue weighted by Gasteiger charge is -2.04. The number of ether oxygens (including phenoxy) is 1. The van der Waals surface area contributed by atoms with Crippen molar-refractivity contribution in [3.63, 3.8) is 0 Å². The molecule has 18 heavy (non-hydrogen) atoms. The number of rotatable bonds is 3. The summed E-state index contributed by atoms with van der Waals surface area (Å²) in [6.07, 6.45) is 0. The predicted octanol–water partition coefficient (Wildman–Crippen LogP) is 2.61. The number of fused-ring (bicyclic) bond motifs is 1. The molecule has 0 spiro atoms. The second-order valence-electron chi connectivity index (χ2n) is 3.92. The largest absolute Gasteiger partial charge is 0.462 e. The zero-order valence-corrected chi connectivity index (χ0v) is 11.8. The van der Waals surface area contributed by atoms with Gasteiger partial charge in [-0.05, 0) is 19.1 Å². The fourth-order valence-corrected chi connectivity index (χ4v) is 2.43. The van der Waals surface area contributed by atoms with Crippen LogP contribution >= 0.6 is 15.9 Å². The Morgan fingerprint density at radius 3 is 2.83 bits per heavy atom. The average molecular weight is 312 g/mol. The van der Waals surface area contributed by atoms with Crippen LogP contribution in [0.4, 0.5) is 0 Å². The lowest BCUT2D eigenvalue weighted by molar-refractivity contribution is 0.0524. The Kier molecular flexibility index (Phi) is 3.73. The van der Waals surface area contributed by atoms with E-state index in [-0.39, 0.29) is 6.61 Å². The van der Waals surface area contributed by atoms with Crippen molar-refractivity contribution in [1.82, 2.24) is 4.57 Å². The van der Waals surface area contributed by atoms with Crippen LogP contribution in [0, 0.1) is 0 Å². The average Bonchev–Trinajstić information content (AvgIpc) is 2.62. The molecule has 0 radical (unpaired) electrons. The SMILES string of the molecule is CCOC(=O)c1c(CO)n(C)c2cc(Br)ccc12. The Morgan fingerprint density at radius 2 is 2.22 bits per heavy atom. The monoisotopic (exact) mass is 311 g/mol. The molecule has 0 amide bonds. The van der Waals surface area contributed by atoms with Crippen molar-refractivity contribution in [1.29, 1.82) is 0 Å². The Bertz CT molecular complexity index is 604. The number of halogens is 1. The highest BCUT2D eigenvalue weighted by molar-refractivity contribution is 9.10. The number of esters is 1. The van der Waals surface area contributed by atoms with Gasteiger partial charge >= 0.3 is 5.97 Å². The molecule has 0 aliphatic rings. The van der Waals surface area contributed by atoms with Crippen molar-refractivity contribution in [2.75, 3.05) is 6.61 Å². The summed E-state index contributed by atoms with van der Waals surface area (Å²) in [6.45, 7) is 1.88. The summed E-state index contributed by atoms with van der Waals surface area (Å²) < 4.78 is 7.79. The van der Waals surface area contributed by atoms with Gasteiger partial charge in [0.05, 0.1) is 30.0 Å². The lowest BCUT2D eigenvalue weighted by atomic mass is 10.1. The number of aliphatic hydroxyl groups excluding tert-OH is 1. The van der Waals surface area contributed by atoms with Gasteiger partial charge in [-0.2, -0.15) is 0 Å². The van der Waals surface area contributed by atoms with E-state index in [1.165, 1.54) is 0 Å². The van der Waals surface area contributed by atoms with Crippen LogP contribution in [0.3, 0.4) is 0 Å². The molecular weight excluding hydrogens is 298 g/mol. The molecule has 1 heterocycles. The molecule has 5 heteroatoms. The van der Waals surface area contributed by atoms with E-state index in [1.807, 2.05) is 29.8 Å². The molecule has 4 nitrogen and oxygen atoms in total. The third kappa shape index (κ3) is 2.04. The maximum atomic E-state index is 12.0. The van der Waals surface area contributed by atoms with Crippen LogP contribution in [0.25, 0.3) is 10.9 Å². The lowest BCUT2D eigenvalue weighted by Crippen LogP contribution is -2.08. The van der Waals surface area contributed by atoms with Gasteiger partial charge in [-0.1, -0.05) is 22.0 Å². The van der Waals surface area contributed by atoms with Crippen LogP contribution in [0.2, 0.25) is 0 Å². The number of aromatic nitrogens is 1. The molecule has 2 aromatic rings. The van der Waals surface area contributed by atoms with Gasteiger partial charge in [0.15, 0.2) is 0 Å². The van der Waals surface area contributed by atoms with Crippen LogP contribution < -0.4 is 0 Å². The topological polar surface area (TPSA) is 51.5 Å². The number of carbonyl (C=O) groups excluding carboxylic acids is 1. The third-order valence-corrected chi connectivity index (χ3v) is 3.41. The minimum Gasteiger partial charge on any atom is -0.462 e. The second-order valence-corrected chi connectivity index (χ2v) is 4.84. The van der Waals surface area contributed by atoms with Crippen molar-refractivity contribution >= 4 is 32.8 Å². The van der Waals surface area contributed by atoms with E-state index in [4.69, 9.17) is 4.74 Å². The summed E-state index contributed by atoms with van der Waals surface area (Å²) in [5, 5.41) is 10.2. The predicted molar refractivity (Wildman–Crippen MR) is 72.5 cm³/mol. The normalized spacial score (nSPS) is 10.9. The molecule has 0 atom stereocenters. The van der Waals surface area contributed by atoms with Crippen molar-refractivity contribution in [2.24, 2.45) is 7.05 Å². The number of nitrogens with zero attached hydrogens (tertiary/aromatic N) is 1. The fraction of sp³-hybridized carbons (Fsp3) is 0.308. The second kappa shape index (κ2) is 5.12. The maximum Gasteiger partial charge on any atom is 0.340 e. The standard InChI is InChI=1S/C13H14BrNO3/c1-3-18-13(17)12-9-5-4-8(14)6-10(9)15(2)11(12)7-16/h4-6,16H,3,7H2,1-2H3. The molecule has 0 bridgehead atoms. The van der Waals surface area contributed by atoms with Gasteiger partial charge < -0.3 is 14.4 Å². The van der Waals surface area contributed by atoms with Gasteiger partial charge in [-0.3, -0.25) is 0 Å². The highest BCUT2D eigenvalue weighted by Crippen LogP contribution is 2.28. The first-order chi connectivity index (χ1) is 8.60. The van der Waals surface area contributed by atoms with E-state index in [0.717, 1.165) is 15.4 Å². The first-order valence-electron chi connectivity index (χ1n) is 5.65. The van der Waals surface area contributed by atoms with E-state index >= 15 is 0 Å². The summed E-state index contributed by atoms with van der Waals surface area (Å²) in [7, 11) is 1.82. The van der Waals surface area contributed by atoms with E-state index in [9.17, 15) is 9.90 Å². The van der Waals surface area contributed by atoms with E-state index < -0.39 is 5.97 Å². The first-order valence-corrected chi connectivity index (χ1v) is 6.44. The van der Waals surface area contributed by atoms with Gasteiger partial charge in [0.1, 0.15) is 0 Å². The molecule has 1 aromatic carbocycles. The molecule has 1 N–H and O–H groups in total. The van der Waals surface area contributed by atoms with Crippen molar-refractivity contribution in [3.05, 3.63) is 33.9 Å². The quantitative estimate of drug-likeness (QED) is 0.887. The van der Waals surface area contributed by atoms with Gasteiger partial charge in [-0.15, -0.1) is 0 Å². The molecule has 2 rings (SSSR count). The van der Waals surface area contributed by atoms with Crippen LogP contribution in [0.5, 0.6) is 0 Å². The molecule has 1 aromatic heterocycles. The number of aliphatic hydroxyl groups is 1. The summed E-state index contributed by atoms with van der Waals surface area (Å²) in [5.41, 5.74) is 1.90. The van der Waals surface area contributed by atoms with Gasteiger partial charge in [0, 0.05) is 16.9 Å². The van der Waals surface area contributed by atoms with Crippen LogP contribution in [0.15, 0.2) is 22.7 Å². The Balaban J connectivity index is 2.73. The van der Waals surface area contributed by atoms with Crippen molar-refractivity contribution in [3.8, 4) is 0 Å². The molecule has 0 fully saturated rings. The van der Waals surface area contributed by atoms with Gasteiger partial charge in [0.25, 0.3) is 0 Å². The minimum atomic E-state index is -0.394. The van der Waals surface area contributed by atoms with E-state index in [2.05, 4.69) is 15.9 Å². The summed E-state index contributed by atoms with van der Waals surface area (Å²) in [6, 6.07) is 5.63. The molecule has 0 aliphatic heterocycles. The summed E-state index contributed by atoms with van der Waals surface area (Å²) >= 11 is 3.40. The number of hydrogen-bond acceptors (Lipinski definition) is 3. The van der Waals surface area contributed by atoms with Gasteiger partial charge in [0.2, 0.25) is 0 Å². The summed E-state index contributed by atoms with van der Waals surface area (Å²) in [4.78, 5) is 12.0. The molecule has 0 saturated heterocycles. The Hall–Kier alpha value is -1.33. The number of carbonyl (C=O) groups is 1. The van der Waals surface area contributed by atoms with E-state index in [1.54, 1.807) is 6.92 Å². The number of benzene rings is 1. The van der Waals surface area contributed by atoms with Crippen LogP contribution in [0.1, 0.15) is 23.0 Å². The van der Waals surface area contributed by atoms with Gasteiger partial charge in [-0.25, -0.2) is 4.79 Å². The molecule has 96 valence electrons. The summed E-state index contributed by atoms with van der Waals surface area (Å²) in [5.74, 6) is -0.394. The van der Waals surface area contributed by atoms with Crippen molar-refractivity contribution in [2.45, 2.75) is 13.5 Å². The highest BCUT2D eigenvalue weighted by Gasteiger charge is 2.21. The Labute approximate surface area is 113 Å². The zero-order chi connectivity index (χ0) is 13.3. The van der Waals surface area contributed by atoms with Crippen LogP contribution in [-0.4, -0.2) is 22.2 Å². The third-order valence-electron chi connectivity index (χ3n) is 2.91.